The zero-order chi connectivity index (χ0) is 11.1. The fourth-order valence-electron chi connectivity index (χ4n) is 1.52. The van der Waals surface area contributed by atoms with Gasteiger partial charge in [-0.3, -0.25) is 4.79 Å². The van der Waals surface area contributed by atoms with Crippen LogP contribution in [0.2, 0.25) is 0 Å². The van der Waals surface area contributed by atoms with Gasteiger partial charge >= 0.3 is 0 Å². The number of aromatic nitrogens is 1. The number of pyridine rings is 1. The van der Waals surface area contributed by atoms with Gasteiger partial charge in [0.2, 0.25) is 0 Å². The van der Waals surface area contributed by atoms with Crippen molar-refractivity contribution in [2.75, 3.05) is 18.0 Å². The molecule has 2 heterocycles. The molecular formula is C9H9F2N3O. The summed E-state index contributed by atoms with van der Waals surface area (Å²) in [5.74, 6) is -3.38. The minimum atomic E-state index is -2.68. The van der Waals surface area contributed by atoms with E-state index in [1.165, 1.54) is 11.1 Å². The highest BCUT2D eigenvalue weighted by molar-refractivity contribution is 5.96. The topological polar surface area (TPSA) is 59.2 Å². The van der Waals surface area contributed by atoms with E-state index in [4.69, 9.17) is 5.73 Å². The van der Waals surface area contributed by atoms with Crippen LogP contribution in [0.15, 0.2) is 18.3 Å². The van der Waals surface area contributed by atoms with Crippen molar-refractivity contribution < 1.29 is 13.6 Å². The Morgan fingerprint density at radius 1 is 1.53 bits per heavy atom. The first kappa shape index (κ1) is 9.82. The van der Waals surface area contributed by atoms with Crippen LogP contribution >= 0.6 is 0 Å². The maximum Gasteiger partial charge on any atom is 0.282 e. The van der Waals surface area contributed by atoms with Gasteiger partial charge in [-0.1, -0.05) is 0 Å². The largest absolute Gasteiger partial charge is 0.364 e. The van der Waals surface area contributed by atoms with Crippen molar-refractivity contribution in [1.29, 1.82) is 0 Å². The van der Waals surface area contributed by atoms with Gasteiger partial charge in [0.15, 0.2) is 5.69 Å². The Balaban J connectivity index is 2.26. The molecule has 1 aromatic rings. The van der Waals surface area contributed by atoms with Gasteiger partial charge in [0.1, 0.15) is 0 Å². The summed E-state index contributed by atoms with van der Waals surface area (Å²) in [6.45, 7) is -0.780. The third-order valence-electron chi connectivity index (χ3n) is 2.20. The third-order valence-corrected chi connectivity index (χ3v) is 2.20. The zero-order valence-corrected chi connectivity index (χ0v) is 7.78. The number of amides is 1. The van der Waals surface area contributed by atoms with E-state index in [0.29, 0.717) is 5.69 Å². The fraction of sp³-hybridized carbons (Fsp3) is 0.333. The molecule has 1 amide bonds. The molecule has 1 fully saturated rings. The Morgan fingerprint density at radius 2 is 2.20 bits per heavy atom. The molecule has 6 heteroatoms. The minimum absolute atomic E-state index is 0.0352. The Morgan fingerprint density at radius 3 is 2.73 bits per heavy atom. The summed E-state index contributed by atoms with van der Waals surface area (Å²) < 4.78 is 25.3. The number of rotatable bonds is 2. The monoisotopic (exact) mass is 213 g/mol. The number of anilines is 1. The molecule has 2 N–H and O–H groups in total. The van der Waals surface area contributed by atoms with E-state index in [-0.39, 0.29) is 18.8 Å². The summed E-state index contributed by atoms with van der Waals surface area (Å²) in [6, 6.07) is 3.14. The second kappa shape index (κ2) is 3.15. The molecule has 4 nitrogen and oxygen atoms in total. The number of halogens is 2. The molecular weight excluding hydrogens is 204 g/mol. The lowest BCUT2D eigenvalue weighted by Gasteiger charge is -2.40. The number of nitrogens with zero attached hydrogens (tertiary/aromatic N) is 2. The maximum atomic E-state index is 12.6. The molecule has 1 aliphatic rings. The van der Waals surface area contributed by atoms with Crippen molar-refractivity contribution >= 4 is 11.6 Å². The molecule has 0 bridgehead atoms. The van der Waals surface area contributed by atoms with Crippen LogP contribution in [0.4, 0.5) is 14.5 Å². The van der Waals surface area contributed by atoms with Crippen molar-refractivity contribution in [3.8, 4) is 0 Å². The summed E-state index contributed by atoms with van der Waals surface area (Å²) in [7, 11) is 0. The van der Waals surface area contributed by atoms with E-state index in [1.54, 1.807) is 12.1 Å². The Labute approximate surface area is 84.7 Å². The molecule has 0 saturated carbocycles. The second-order valence-corrected chi connectivity index (χ2v) is 3.45. The van der Waals surface area contributed by atoms with Crippen LogP contribution in [0.25, 0.3) is 0 Å². The van der Waals surface area contributed by atoms with Crippen LogP contribution in [-0.2, 0) is 0 Å². The Kier molecular flexibility index (Phi) is 2.06. The zero-order valence-electron chi connectivity index (χ0n) is 7.78. The summed E-state index contributed by atoms with van der Waals surface area (Å²) in [5, 5.41) is 0. The van der Waals surface area contributed by atoms with Gasteiger partial charge in [-0.2, -0.15) is 0 Å². The summed E-state index contributed by atoms with van der Waals surface area (Å²) in [4.78, 5) is 16.1. The van der Waals surface area contributed by atoms with E-state index in [9.17, 15) is 13.6 Å². The molecule has 0 aromatic carbocycles. The van der Waals surface area contributed by atoms with Gasteiger partial charge in [0.05, 0.1) is 18.8 Å². The van der Waals surface area contributed by atoms with Gasteiger partial charge < -0.3 is 10.6 Å². The predicted octanol–water partition coefficient (Wildman–Crippen LogP) is 0.636. The number of carbonyl (C=O) groups is 1. The van der Waals surface area contributed by atoms with Crippen molar-refractivity contribution in [2.24, 2.45) is 5.73 Å². The lowest BCUT2D eigenvalue weighted by Crippen LogP contribution is -2.56. The van der Waals surface area contributed by atoms with Crippen molar-refractivity contribution in [3.63, 3.8) is 0 Å². The molecule has 1 aliphatic heterocycles. The lowest BCUT2D eigenvalue weighted by atomic mass is 10.1. The van der Waals surface area contributed by atoms with Crippen LogP contribution in [0.5, 0.6) is 0 Å². The SMILES string of the molecule is NC(=O)c1ncccc1N1CC(F)(F)C1. The molecule has 0 spiro atoms. The van der Waals surface area contributed by atoms with Gasteiger partial charge in [-0.05, 0) is 12.1 Å². The van der Waals surface area contributed by atoms with E-state index in [1.807, 2.05) is 0 Å². The first-order valence-corrected chi connectivity index (χ1v) is 4.37. The quantitative estimate of drug-likeness (QED) is 0.784. The summed E-state index contributed by atoms with van der Waals surface area (Å²) in [6.07, 6.45) is 1.40. The second-order valence-electron chi connectivity index (χ2n) is 3.45. The third kappa shape index (κ3) is 1.74. The molecule has 15 heavy (non-hydrogen) atoms. The van der Waals surface area contributed by atoms with Gasteiger partial charge in [0, 0.05) is 6.20 Å². The first-order chi connectivity index (χ1) is 6.99. The highest BCUT2D eigenvalue weighted by Crippen LogP contribution is 2.32. The predicted molar refractivity (Wildman–Crippen MR) is 49.9 cm³/mol. The van der Waals surface area contributed by atoms with Gasteiger partial charge in [-0.25, -0.2) is 13.8 Å². The fourth-order valence-corrected chi connectivity index (χ4v) is 1.52. The van der Waals surface area contributed by atoms with Crippen molar-refractivity contribution in [1.82, 2.24) is 4.98 Å². The average Bonchev–Trinajstić information content (AvgIpc) is 2.14. The standard InChI is InChI=1S/C9H9F2N3O/c10-9(11)4-14(5-9)6-2-1-3-13-7(6)8(12)15/h1-3H,4-5H2,(H2,12,15). The highest BCUT2D eigenvalue weighted by atomic mass is 19.3. The minimum Gasteiger partial charge on any atom is -0.364 e. The van der Waals surface area contributed by atoms with Crippen LogP contribution in [0.3, 0.4) is 0 Å². The first-order valence-electron chi connectivity index (χ1n) is 4.37. The Hall–Kier alpha value is -1.72. The number of primary amides is 1. The smallest absolute Gasteiger partial charge is 0.282 e. The average molecular weight is 213 g/mol. The number of nitrogens with two attached hydrogens (primary N) is 1. The molecule has 80 valence electrons. The van der Waals surface area contributed by atoms with Gasteiger partial charge in [0.25, 0.3) is 11.8 Å². The van der Waals surface area contributed by atoms with Crippen LogP contribution in [0, 0.1) is 0 Å². The number of carbonyl (C=O) groups excluding carboxylic acids is 1. The van der Waals surface area contributed by atoms with Crippen LogP contribution in [-0.4, -0.2) is 29.9 Å². The molecule has 0 radical (unpaired) electrons. The molecule has 1 saturated heterocycles. The van der Waals surface area contributed by atoms with E-state index in [0.717, 1.165) is 0 Å². The van der Waals surface area contributed by atoms with Gasteiger partial charge in [-0.15, -0.1) is 0 Å². The number of hydrogen-bond acceptors (Lipinski definition) is 3. The number of hydrogen-bond donors (Lipinski definition) is 1. The number of alkyl halides is 2. The van der Waals surface area contributed by atoms with E-state index < -0.39 is 11.8 Å². The normalized spacial score (nSPS) is 18.4. The van der Waals surface area contributed by atoms with Crippen molar-refractivity contribution in [3.05, 3.63) is 24.0 Å². The van der Waals surface area contributed by atoms with Crippen molar-refractivity contribution in [2.45, 2.75) is 5.92 Å². The summed E-state index contributed by atoms with van der Waals surface area (Å²) >= 11 is 0. The van der Waals surface area contributed by atoms with E-state index in [2.05, 4.69) is 4.98 Å². The molecule has 0 aliphatic carbocycles. The highest BCUT2D eigenvalue weighted by Gasteiger charge is 2.44. The molecule has 0 unspecified atom stereocenters. The summed E-state index contributed by atoms with van der Waals surface area (Å²) in [5.41, 5.74) is 5.49. The van der Waals surface area contributed by atoms with Crippen LogP contribution in [0.1, 0.15) is 10.5 Å². The maximum absolute atomic E-state index is 12.6. The molecule has 0 atom stereocenters. The molecule has 2 rings (SSSR count). The van der Waals surface area contributed by atoms with E-state index >= 15 is 0 Å². The van der Waals surface area contributed by atoms with Crippen LogP contribution < -0.4 is 10.6 Å². The Bertz CT molecular complexity index is 400. The lowest BCUT2D eigenvalue weighted by molar-refractivity contribution is -0.0263. The molecule has 1 aromatic heterocycles.